The zero-order valence-electron chi connectivity index (χ0n) is 20.3. The van der Waals surface area contributed by atoms with Crippen molar-refractivity contribution in [3.8, 4) is 11.1 Å². The highest BCUT2D eigenvalue weighted by Gasteiger charge is 2.31. The molecule has 1 atom stereocenters. The number of nitrogens with zero attached hydrogens (tertiary/aromatic N) is 7. The van der Waals surface area contributed by atoms with E-state index >= 15 is 0 Å². The molecule has 0 radical (unpaired) electrons. The van der Waals surface area contributed by atoms with E-state index in [0.717, 1.165) is 11.1 Å². The SMILES string of the molecule is C=N/C=C\C=NCCCC(CS(=O)(=O)N1CCN(c2ncc(-c3ccc(F)cc3)cn2)CC1)N(O)C=O. The van der Waals surface area contributed by atoms with Crippen molar-refractivity contribution >= 4 is 35.3 Å². The van der Waals surface area contributed by atoms with Crippen molar-refractivity contribution in [2.24, 2.45) is 9.98 Å². The highest BCUT2D eigenvalue weighted by Crippen LogP contribution is 2.21. The van der Waals surface area contributed by atoms with Crippen molar-refractivity contribution < 1.29 is 22.8 Å². The second-order valence-electron chi connectivity index (χ2n) is 8.30. The number of hydrogen-bond acceptors (Lipinski definition) is 9. The quantitative estimate of drug-likeness (QED) is 0.138. The van der Waals surface area contributed by atoms with Gasteiger partial charge in [0.2, 0.25) is 22.4 Å². The van der Waals surface area contributed by atoms with Gasteiger partial charge in [-0.05, 0) is 43.3 Å². The van der Waals surface area contributed by atoms with Gasteiger partial charge in [-0.1, -0.05) is 12.1 Å². The highest BCUT2D eigenvalue weighted by atomic mass is 32.2. The number of hydrogen-bond donors (Lipinski definition) is 1. The van der Waals surface area contributed by atoms with Gasteiger partial charge >= 0.3 is 0 Å². The van der Waals surface area contributed by atoms with E-state index in [1.54, 1.807) is 36.8 Å². The molecule has 3 rings (SSSR count). The zero-order valence-corrected chi connectivity index (χ0v) is 21.1. The summed E-state index contributed by atoms with van der Waals surface area (Å²) in [5.74, 6) is -0.240. The number of carbonyl (C=O) groups is 1. The Kier molecular flexibility index (Phi) is 10.4. The Hall–Kier alpha value is -3.55. The summed E-state index contributed by atoms with van der Waals surface area (Å²) in [4.78, 5) is 29.5. The van der Waals surface area contributed by atoms with Gasteiger partial charge in [0.1, 0.15) is 5.82 Å². The van der Waals surface area contributed by atoms with E-state index < -0.39 is 21.8 Å². The van der Waals surface area contributed by atoms with Crippen LogP contribution < -0.4 is 4.90 Å². The summed E-state index contributed by atoms with van der Waals surface area (Å²) in [6.07, 6.45) is 8.91. The van der Waals surface area contributed by atoms with E-state index in [1.807, 2.05) is 4.90 Å². The number of aliphatic imine (C=N–C) groups is 2. The number of piperazine rings is 1. The Morgan fingerprint density at radius 2 is 1.81 bits per heavy atom. The number of aromatic nitrogens is 2. The molecule has 1 N–H and O–H groups in total. The molecular weight excluding hydrogens is 501 g/mol. The number of rotatable bonds is 13. The molecular formula is C24H30FN7O4S. The number of sulfonamides is 1. The van der Waals surface area contributed by atoms with E-state index in [0.29, 0.717) is 37.1 Å². The fraction of sp³-hybridized carbons (Fsp3) is 0.375. The van der Waals surface area contributed by atoms with Crippen LogP contribution in [0.25, 0.3) is 11.1 Å². The smallest absolute Gasteiger partial charge is 0.233 e. The second kappa shape index (κ2) is 13.7. The molecule has 1 aromatic heterocycles. The molecule has 1 aliphatic heterocycles. The van der Waals surface area contributed by atoms with Gasteiger partial charge in [-0.2, -0.15) is 4.31 Å². The Labute approximate surface area is 215 Å². The first-order chi connectivity index (χ1) is 17.8. The lowest BCUT2D eigenvalue weighted by atomic mass is 10.1. The standard InChI is InChI=1S/C24H30FN7O4S/c1-26-9-3-11-27-10-2-4-23(32(34)19-33)18-37(35,36)31-14-12-30(13-15-31)24-28-16-21(17-29-24)20-5-7-22(25)8-6-20/h3,5-9,11,16-17,19,23,34H,1-2,4,10,12-15,18H2/b9-3-,27-11?. The maximum absolute atomic E-state index is 13.1. The molecule has 2 aromatic rings. The molecule has 1 aliphatic rings. The molecule has 0 spiro atoms. The van der Waals surface area contributed by atoms with Gasteiger partial charge in [-0.25, -0.2) is 27.8 Å². The van der Waals surface area contributed by atoms with Crippen LogP contribution in [0.4, 0.5) is 10.3 Å². The minimum Gasteiger partial charge on any atom is -0.338 e. The first-order valence-electron chi connectivity index (χ1n) is 11.7. The normalized spacial score (nSPS) is 15.8. The molecule has 0 saturated carbocycles. The topological polar surface area (TPSA) is 132 Å². The molecule has 37 heavy (non-hydrogen) atoms. The average molecular weight is 532 g/mol. The molecule has 13 heteroatoms. The van der Waals surface area contributed by atoms with Crippen molar-refractivity contribution in [2.45, 2.75) is 18.9 Å². The number of benzene rings is 1. The molecule has 1 unspecified atom stereocenters. The van der Waals surface area contributed by atoms with E-state index in [4.69, 9.17) is 0 Å². The van der Waals surface area contributed by atoms with Gasteiger partial charge in [0, 0.05) is 63.1 Å². The number of allylic oxidation sites excluding steroid dienone is 1. The number of halogens is 1. The Bertz CT molecular complexity index is 1180. The lowest BCUT2D eigenvalue weighted by Crippen LogP contribution is -2.51. The van der Waals surface area contributed by atoms with Gasteiger partial charge in [0.05, 0.1) is 11.8 Å². The van der Waals surface area contributed by atoms with E-state index in [9.17, 15) is 22.8 Å². The molecule has 0 aliphatic carbocycles. The van der Waals surface area contributed by atoms with Crippen molar-refractivity contribution in [1.29, 1.82) is 0 Å². The molecule has 1 fully saturated rings. The zero-order chi connectivity index (χ0) is 26.7. The highest BCUT2D eigenvalue weighted by molar-refractivity contribution is 7.89. The predicted molar refractivity (Wildman–Crippen MR) is 140 cm³/mol. The summed E-state index contributed by atoms with van der Waals surface area (Å²) in [7, 11) is -3.74. The minimum absolute atomic E-state index is 0.215. The summed E-state index contributed by atoms with van der Waals surface area (Å²) in [6.45, 7) is 4.93. The average Bonchev–Trinajstić information content (AvgIpc) is 2.92. The van der Waals surface area contributed by atoms with Crippen LogP contribution in [0.1, 0.15) is 12.8 Å². The minimum atomic E-state index is -3.74. The van der Waals surface area contributed by atoms with Gasteiger partial charge < -0.3 is 4.90 Å². The van der Waals surface area contributed by atoms with E-state index in [1.165, 1.54) is 22.6 Å². The van der Waals surface area contributed by atoms with Gasteiger partial charge in [-0.15, -0.1) is 0 Å². The van der Waals surface area contributed by atoms with Crippen LogP contribution in [0, 0.1) is 5.82 Å². The third kappa shape index (κ3) is 8.23. The lowest BCUT2D eigenvalue weighted by Gasteiger charge is -2.35. The van der Waals surface area contributed by atoms with Crippen molar-refractivity contribution in [3.63, 3.8) is 0 Å². The fourth-order valence-electron chi connectivity index (χ4n) is 3.82. The van der Waals surface area contributed by atoms with Crippen LogP contribution in [0.15, 0.2) is 58.9 Å². The maximum atomic E-state index is 13.1. The van der Waals surface area contributed by atoms with Crippen LogP contribution >= 0.6 is 0 Å². The van der Waals surface area contributed by atoms with Crippen molar-refractivity contribution in [1.82, 2.24) is 19.3 Å². The number of hydroxylamine groups is 2. The van der Waals surface area contributed by atoms with Gasteiger partial charge in [0.15, 0.2) is 0 Å². The van der Waals surface area contributed by atoms with Crippen LogP contribution in [-0.2, 0) is 14.8 Å². The molecule has 0 bridgehead atoms. The summed E-state index contributed by atoms with van der Waals surface area (Å²) in [5.41, 5.74) is 1.54. The van der Waals surface area contributed by atoms with Gasteiger partial charge in [0.25, 0.3) is 0 Å². The number of amides is 1. The molecule has 198 valence electrons. The maximum Gasteiger partial charge on any atom is 0.233 e. The fourth-order valence-corrected chi connectivity index (χ4v) is 5.56. The van der Waals surface area contributed by atoms with Crippen LogP contribution in [0.5, 0.6) is 0 Å². The second-order valence-corrected chi connectivity index (χ2v) is 10.3. The van der Waals surface area contributed by atoms with E-state index in [-0.39, 0.29) is 31.7 Å². The Balaban J connectivity index is 1.54. The summed E-state index contributed by atoms with van der Waals surface area (Å²) in [5, 5.41) is 10.3. The largest absolute Gasteiger partial charge is 0.338 e. The molecule has 1 aromatic carbocycles. The molecule has 1 amide bonds. The Morgan fingerprint density at radius 3 is 2.43 bits per heavy atom. The summed E-state index contributed by atoms with van der Waals surface area (Å²) < 4.78 is 40.6. The lowest BCUT2D eigenvalue weighted by molar-refractivity contribution is -0.158. The third-order valence-corrected chi connectivity index (χ3v) is 7.78. The molecule has 11 nitrogen and oxygen atoms in total. The van der Waals surface area contributed by atoms with Crippen LogP contribution in [-0.4, -0.2) is 96.8 Å². The third-order valence-electron chi connectivity index (χ3n) is 5.82. The number of anilines is 1. The predicted octanol–water partition coefficient (Wildman–Crippen LogP) is 2.02. The molecule has 1 saturated heterocycles. The van der Waals surface area contributed by atoms with Gasteiger partial charge in [-0.3, -0.25) is 20.0 Å². The monoisotopic (exact) mass is 531 g/mol. The van der Waals surface area contributed by atoms with Crippen LogP contribution in [0.3, 0.4) is 0 Å². The van der Waals surface area contributed by atoms with Crippen molar-refractivity contribution in [3.05, 3.63) is 54.8 Å². The summed E-state index contributed by atoms with van der Waals surface area (Å²) in [6, 6.07) is 5.15. The molecule has 2 heterocycles. The van der Waals surface area contributed by atoms with Crippen molar-refractivity contribution in [2.75, 3.05) is 43.4 Å². The Morgan fingerprint density at radius 1 is 1.14 bits per heavy atom. The number of carbonyl (C=O) groups excluding carboxylic acids is 1. The summed E-state index contributed by atoms with van der Waals surface area (Å²) >= 11 is 0. The first-order valence-corrected chi connectivity index (χ1v) is 13.3. The first kappa shape index (κ1) is 28.0. The van der Waals surface area contributed by atoms with E-state index in [2.05, 4.69) is 26.7 Å². The van der Waals surface area contributed by atoms with Crippen LogP contribution in [0.2, 0.25) is 0 Å².